The molecule has 1 aromatic carbocycles. The number of halogens is 2. The van der Waals surface area contributed by atoms with Gasteiger partial charge in [0.1, 0.15) is 6.04 Å². The highest BCUT2D eigenvalue weighted by Crippen LogP contribution is 2.25. The number of hydrogen-bond donors (Lipinski definition) is 3. The molecule has 1 atom stereocenters. The van der Waals surface area contributed by atoms with Crippen LogP contribution in [0.1, 0.15) is 6.42 Å². The number of carbonyl (C=O) groups excluding carboxylic acids is 1. The van der Waals surface area contributed by atoms with Crippen LogP contribution in [0.25, 0.3) is 0 Å². The third-order valence-corrected chi connectivity index (χ3v) is 4.20. The Labute approximate surface area is 138 Å². The molecule has 1 amide bonds. The molecule has 1 saturated heterocycles. The molecular formula is C14H17Cl2N3O3. The van der Waals surface area contributed by atoms with Crippen LogP contribution in [0.5, 0.6) is 0 Å². The molecule has 6 nitrogen and oxygen atoms in total. The zero-order chi connectivity index (χ0) is 16.1. The predicted molar refractivity (Wildman–Crippen MR) is 85.6 cm³/mol. The molecule has 0 bridgehead atoms. The van der Waals surface area contributed by atoms with E-state index >= 15 is 0 Å². The molecule has 0 radical (unpaired) electrons. The number of rotatable bonds is 5. The van der Waals surface area contributed by atoms with Crippen molar-refractivity contribution in [1.29, 1.82) is 0 Å². The minimum absolute atomic E-state index is 0.115. The number of piperazine rings is 1. The average Bonchev–Trinajstić information content (AvgIpc) is 2.49. The Morgan fingerprint density at radius 2 is 1.95 bits per heavy atom. The predicted octanol–water partition coefficient (Wildman–Crippen LogP) is 1.68. The first kappa shape index (κ1) is 17.0. The average molecular weight is 346 g/mol. The zero-order valence-corrected chi connectivity index (χ0v) is 13.3. The number of carbonyl (C=O) groups is 2. The standard InChI is InChI=1S/C14H17Cl2N3O3/c15-10-2-1-9(7-11(10)16)18-13(20)8-12(14(21)22)19-5-3-17-4-6-19/h1-2,7,12,17H,3-6,8H2,(H,18,20)(H,21,22)/t12-/m0/s1. The maximum atomic E-state index is 12.1. The first-order valence-electron chi connectivity index (χ1n) is 6.90. The van der Waals surface area contributed by atoms with Crippen molar-refractivity contribution in [1.82, 2.24) is 10.2 Å². The number of nitrogens with zero attached hydrogens (tertiary/aromatic N) is 1. The lowest BCUT2D eigenvalue weighted by Crippen LogP contribution is -2.52. The van der Waals surface area contributed by atoms with E-state index in [9.17, 15) is 14.7 Å². The van der Waals surface area contributed by atoms with Gasteiger partial charge < -0.3 is 15.7 Å². The van der Waals surface area contributed by atoms with E-state index in [0.29, 0.717) is 28.8 Å². The third-order valence-electron chi connectivity index (χ3n) is 3.46. The lowest BCUT2D eigenvalue weighted by molar-refractivity contribution is -0.145. The van der Waals surface area contributed by atoms with E-state index in [1.54, 1.807) is 17.0 Å². The summed E-state index contributed by atoms with van der Waals surface area (Å²) in [5.74, 6) is -1.37. The lowest BCUT2D eigenvalue weighted by Gasteiger charge is -2.32. The van der Waals surface area contributed by atoms with Crippen molar-refractivity contribution < 1.29 is 14.7 Å². The topological polar surface area (TPSA) is 81.7 Å². The fourth-order valence-corrected chi connectivity index (χ4v) is 2.63. The van der Waals surface area contributed by atoms with Gasteiger partial charge in [0, 0.05) is 31.9 Å². The van der Waals surface area contributed by atoms with Gasteiger partial charge >= 0.3 is 5.97 Å². The quantitative estimate of drug-likeness (QED) is 0.756. The number of amides is 1. The molecule has 3 N–H and O–H groups in total. The Balaban J connectivity index is 1.98. The van der Waals surface area contributed by atoms with Gasteiger partial charge in [0.15, 0.2) is 0 Å². The molecule has 1 fully saturated rings. The highest BCUT2D eigenvalue weighted by Gasteiger charge is 2.29. The normalized spacial score (nSPS) is 17.0. The summed E-state index contributed by atoms with van der Waals surface area (Å²) < 4.78 is 0. The number of carboxylic acid groups (broad SMARTS) is 1. The van der Waals surface area contributed by atoms with Crippen LogP contribution < -0.4 is 10.6 Å². The number of aliphatic carboxylic acids is 1. The molecule has 1 aromatic rings. The highest BCUT2D eigenvalue weighted by atomic mass is 35.5. The lowest BCUT2D eigenvalue weighted by atomic mass is 10.1. The van der Waals surface area contributed by atoms with Crippen LogP contribution in [0, 0.1) is 0 Å². The summed E-state index contributed by atoms with van der Waals surface area (Å²) >= 11 is 11.7. The van der Waals surface area contributed by atoms with Gasteiger partial charge in [-0.15, -0.1) is 0 Å². The number of nitrogens with one attached hydrogen (secondary N) is 2. The second-order valence-corrected chi connectivity index (χ2v) is 5.84. The fourth-order valence-electron chi connectivity index (χ4n) is 2.33. The second kappa shape index (κ2) is 7.78. The van der Waals surface area contributed by atoms with Crippen molar-refractivity contribution in [3.63, 3.8) is 0 Å². The molecule has 22 heavy (non-hydrogen) atoms. The van der Waals surface area contributed by atoms with Gasteiger partial charge in [-0.05, 0) is 18.2 Å². The Kier molecular flexibility index (Phi) is 6.02. The molecule has 120 valence electrons. The first-order valence-corrected chi connectivity index (χ1v) is 7.65. The van der Waals surface area contributed by atoms with Gasteiger partial charge in [0.25, 0.3) is 0 Å². The van der Waals surface area contributed by atoms with Crippen LogP contribution in [-0.4, -0.2) is 54.1 Å². The maximum Gasteiger partial charge on any atom is 0.321 e. The molecule has 0 aromatic heterocycles. The van der Waals surface area contributed by atoms with Crippen LogP contribution in [0.4, 0.5) is 5.69 Å². The van der Waals surface area contributed by atoms with Crippen molar-refractivity contribution in [2.24, 2.45) is 0 Å². The minimum atomic E-state index is -0.994. The summed E-state index contributed by atoms with van der Waals surface area (Å²) in [4.78, 5) is 25.3. The van der Waals surface area contributed by atoms with E-state index in [1.165, 1.54) is 6.07 Å². The maximum absolute atomic E-state index is 12.1. The largest absolute Gasteiger partial charge is 0.480 e. The highest BCUT2D eigenvalue weighted by molar-refractivity contribution is 6.42. The SMILES string of the molecule is O=C(C[C@@H](C(=O)O)N1CCNCC1)Nc1ccc(Cl)c(Cl)c1. The van der Waals surface area contributed by atoms with Crippen molar-refractivity contribution in [3.8, 4) is 0 Å². The van der Waals surface area contributed by atoms with Crippen LogP contribution in [-0.2, 0) is 9.59 Å². The van der Waals surface area contributed by atoms with Crippen molar-refractivity contribution in [3.05, 3.63) is 28.2 Å². The van der Waals surface area contributed by atoms with Gasteiger partial charge in [0.2, 0.25) is 5.91 Å². The van der Waals surface area contributed by atoms with E-state index in [2.05, 4.69) is 10.6 Å². The molecule has 0 spiro atoms. The summed E-state index contributed by atoms with van der Waals surface area (Å²) in [6.45, 7) is 2.66. The van der Waals surface area contributed by atoms with Gasteiger partial charge in [-0.2, -0.15) is 0 Å². The molecule has 8 heteroatoms. The third kappa shape index (κ3) is 4.58. The Morgan fingerprint density at radius 1 is 1.27 bits per heavy atom. The monoisotopic (exact) mass is 345 g/mol. The van der Waals surface area contributed by atoms with Crippen LogP contribution >= 0.6 is 23.2 Å². The van der Waals surface area contributed by atoms with E-state index in [4.69, 9.17) is 23.2 Å². The van der Waals surface area contributed by atoms with Crippen molar-refractivity contribution in [2.45, 2.75) is 12.5 Å². The molecule has 1 aliphatic heterocycles. The van der Waals surface area contributed by atoms with Crippen LogP contribution in [0.3, 0.4) is 0 Å². The summed E-state index contributed by atoms with van der Waals surface area (Å²) in [5.41, 5.74) is 0.490. The molecule has 0 saturated carbocycles. The van der Waals surface area contributed by atoms with Crippen molar-refractivity contribution in [2.75, 3.05) is 31.5 Å². The van der Waals surface area contributed by atoms with E-state index in [-0.39, 0.29) is 12.3 Å². The smallest absolute Gasteiger partial charge is 0.321 e. The van der Waals surface area contributed by atoms with Crippen LogP contribution in [0.15, 0.2) is 18.2 Å². The van der Waals surface area contributed by atoms with Crippen molar-refractivity contribution >= 4 is 40.8 Å². The summed E-state index contributed by atoms with van der Waals surface area (Å²) in [7, 11) is 0. The molecule has 0 aliphatic carbocycles. The van der Waals surface area contributed by atoms with Gasteiger partial charge in [0.05, 0.1) is 16.5 Å². The van der Waals surface area contributed by atoms with E-state index < -0.39 is 12.0 Å². The Hall–Kier alpha value is -1.34. The molecule has 2 rings (SSSR count). The molecule has 1 heterocycles. The van der Waals surface area contributed by atoms with Gasteiger partial charge in [-0.3, -0.25) is 14.5 Å². The Bertz CT molecular complexity index is 562. The molecule has 0 unspecified atom stereocenters. The summed E-state index contributed by atoms with van der Waals surface area (Å²) in [5, 5.41) is 15.9. The number of anilines is 1. The number of hydrogen-bond acceptors (Lipinski definition) is 4. The van der Waals surface area contributed by atoms with Crippen LogP contribution in [0.2, 0.25) is 10.0 Å². The Morgan fingerprint density at radius 3 is 2.55 bits per heavy atom. The summed E-state index contributed by atoms with van der Waals surface area (Å²) in [6.07, 6.45) is -0.115. The molecule has 1 aliphatic rings. The van der Waals surface area contributed by atoms with Gasteiger partial charge in [-0.25, -0.2) is 0 Å². The van der Waals surface area contributed by atoms with E-state index in [0.717, 1.165) is 13.1 Å². The fraction of sp³-hybridized carbons (Fsp3) is 0.429. The minimum Gasteiger partial charge on any atom is -0.480 e. The zero-order valence-electron chi connectivity index (χ0n) is 11.8. The van der Waals surface area contributed by atoms with E-state index in [1.807, 2.05) is 0 Å². The second-order valence-electron chi connectivity index (χ2n) is 5.02. The number of benzene rings is 1. The first-order chi connectivity index (χ1) is 10.5. The molecular weight excluding hydrogens is 329 g/mol. The van der Waals surface area contributed by atoms with Gasteiger partial charge in [-0.1, -0.05) is 23.2 Å². The number of carboxylic acids is 1. The summed E-state index contributed by atoms with van der Waals surface area (Å²) in [6, 6.07) is 3.89.